The number of ether oxygens (including phenoxy) is 1. The highest BCUT2D eigenvalue weighted by atomic mass is 19.1. The van der Waals surface area contributed by atoms with Crippen molar-refractivity contribution in [1.29, 1.82) is 0 Å². The number of aliphatic hydroxyl groups is 1. The second kappa shape index (κ2) is 5.91. The number of halogens is 2. The zero-order valence-corrected chi connectivity index (χ0v) is 10.4. The minimum absolute atomic E-state index is 0.192. The van der Waals surface area contributed by atoms with E-state index in [1.807, 2.05) is 0 Å². The SMILES string of the molecule is COCc1ccc(C(O)c2cc(F)cc(F)c2)cc1. The lowest BCUT2D eigenvalue weighted by atomic mass is 10.0. The number of aliphatic hydroxyl groups excluding tert-OH is 1. The maximum Gasteiger partial charge on any atom is 0.126 e. The maximum atomic E-state index is 13.1. The first-order chi connectivity index (χ1) is 9.10. The van der Waals surface area contributed by atoms with Gasteiger partial charge in [0.15, 0.2) is 0 Å². The van der Waals surface area contributed by atoms with Crippen LogP contribution in [0.15, 0.2) is 42.5 Å². The molecule has 0 bridgehead atoms. The number of methoxy groups -OCH3 is 1. The molecule has 19 heavy (non-hydrogen) atoms. The third kappa shape index (κ3) is 3.36. The summed E-state index contributed by atoms with van der Waals surface area (Å²) in [5, 5.41) is 10.1. The Balaban J connectivity index is 2.25. The van der Waals surface area contributed by atoms with E-state index in [2.05, 4.69) is 0 Å². The van der Waals surface area contributed by atoms with Crippen LogP contribution in [0.25, 0.3) is 0 Å². The lowest BCUT2D eigenvalue weighted by Crippen LogP contribution is -2.01. The molecule has 0 saturated heterocycles. The van der Waals surface area contributed by atoms with Gasteiger partial charge >= 0.3 is 0 Å². The van der Waals surface area contributed by atoms with Crippen LogP contribution in [0.2, 0.25) is 0 Å². The van der Waals surface area contributed by atoms with Gasteiger partial charge in [0.2, 0.25) is 0 Å². The fraction of sp³-hybridized carbons (Fsp3) is 0.200. The van der Waals surface area contributed by atoms with Gasteiger partial charge in [-0.25, -0.2) is 8.78 Å². The molecule has 0 aliphatic heterocycles. The van der Waals surface area contributed by atoms with E-state index in [4.69, 9.17) is 4.74 Å². The van der Waals surface area contributed by atoms with Gasteiger partial charge in [-0.2, -0.15) is 0 Å². The Morgan fingerprint density at radius 2 is 1.58 bits per heavy atom. The Morgan fingerprint density at radius 3 is 2.11 bits per heavy atom. The molecule has 0 aromatic heterocycles. The van der Waals surface area contributed by atoms with E-state index in [-0.39, 0.29) is 5.56 Å². The van der Waals surface area contributed by atoms with Gasteiger partial charge in [-0.1, -0.05) is 24.3 Å². The fourth-order valence-electron chi connectivity index (χ4n) is 1.89. The Morgan fingerprint density at radius 1 is 1.00 bits per heavy atom. The van der Waals surface area contributed by atoms with Crippen LogP contribution in [0, 0.1) is 11.6 Å². The number of hydrogen-bond acceptors (Lipinski definition) is 2. The second-order valence-electron chi connectivity index (χ2n) is 4.28. The molecule has 0 radical (unpaired) electrons. The average Bonchev–Trinajstić information content (AvgIpc) is 2.38. The zero-order chi connectivity index (χ0) is 13.8. The molecule has 0 aliphatic carbocycles. The van der Waals surface area contributed by atoms with Crippen molar-refractivity contribution in [2.24, 2.45) is 0 Å². The Kier molecular flexibility index (Phi) is 4.24. The van der Waals surface area contributed by atoms with Crippen LogP contribution >= 0.6 is 0 Å². The molecular weight excluding hydrogens is 250 g/mol. The van der Waals surface area contributed by atoms with Gasteiger partial charge in [-0.05, 0) is 28.8 Å². The second-order valence-corrected chi connectivity index (χ2v) is 4.28. The largest absolute Gasteiger partial charge is 0.384 e. The van der Waals surface area contributed by atoms with Crippen molar-refractivity contribution in [3.05, 3.63) is 70.8 Å². The highest BCUT2D eigenvalue weighted by Gasteiger charge is 2.12. The molecule has 0 heterocycles. The predicted molar refractivity (Wildman–Crippen MR) is 67.6 cm³/mol. The molecule has 0 fully saturated rings. The molecule has 0 saturated carbocycles. The topological polar surface area (TPSA) is 29.5 Å². The normalized spacial score (nSPS) is 12.4. The van der Waals surface area contributed by atoms with Crippen molar-refractivity contribution >= 4 is 0 Å². The summed E-state index contributed by atoms with van der Waals surface area (Å²) in [5.41, 5.74) is 1.73. The van der Waals surface area contributed by atoms with E-state index >= 15 is 0 Å². The third-order valence-electron chi connectivity index (χ3n) is 2.81. The molecule has 2 aromatic carbocycles. The minimum Gasteiger partial charge on any atom is -0.384 e. The Hall–Kier alpha value is -1.78. The van der Waals surface area contributed by atoms with Crippen molar-refractivity contribution in [2.45, 2.75) is 12.7 Å². The molecule has 0 spiro atoms. The van der Waals surface area contributed by atoms with E-state index in [0.29, 0.717) is 12.2 Å². The van der Waals surface area contributed by atoms with Crippen molar-refractivity contribution < 1.29 is 18.6 Å². The van der Waals surface area contributed by atoms with Crippen LogP contribution < -0.4 is 0 Å². The molecule has 1 N–H and O–H groups in total. The first-order valence-electron chi connectivity index (χ1n) is 5.82. The van der Waals surface area contributed by atoms with E-state index in [9.17, 15) is 13.9 Å². The van der Waals surface area contributed by atoms with Gasteiger partial charge in [-0.3, -0.25) is 0 Å². The summed E-state index contributed by atoms with van der Waals surface area (Å²) in [6.07, 6.45) is -1.05. The fourth-order valence-corrected chi connectivity index (χ4v) is 1.89. The maximum absolute atomic E-state index is 13.1. The third-order valence-corrected chi connectivity index (χ3v) is 2.81. The quantitative estimate of drug-likeness (QED) is 0.919. The molecule has 2 rings (SSSR count). The highest BCUT2D eigenvalue weighted by Crippen LogP contribution is 2.23. The smallest absolute Gasteiger partial charge is 0.126 e. The van der Waals surface area contributed by atoms with E-state index in [0.717, 1.165) is 23.8 Å². The first-order valence-corrected chi connectivity index (χ1v) is 5.82. The summed E-state index contributed by atoms with van der Waals surface area (Å²) in [6.45, 7) is 0.477. The van der Waals surface area contributed by atoms with Crippen LogP contribution in [0.5, 0.6) is 0 Å². The predicted octanol–water partition coefficient (Wildman–Crippen LogP) is 3.19. The molecule has 0 amide bonds. The standard InChI is InChI=1S/C15H14F2O2/c1-19-9-10-2-4-11(5-3-10)15(18)12-6-13(16)8-14(17)7-12/h2-8,15,18H,9H2,1H3. The van der Waals surface area contributed by atoms with Gasteiger partial charge in [-0.15, -0.1) is 0 Å². The molecule has 0 aliphatic rings. The van der Waals surface area contributed by atoms with E-state index < -0.39 is 17.7 Å². The molecule has 2 aromatic rings. The number of rotatable bonds is 4. The first kappa shape index (κ1) is 13.6. The summed E-state index contributed by atoms with van der Waals surface area (Å²) in [6, 6.07) is 10.0. The van der Waals surface area contributed by atoms with Gasteiger partial charge < -0.3 is 9.84 Å². The van der Waals surface area contributed by atoms with Gasteiger partial charge in [0.25, 0.3) is 0 Å². The number of hydrogen-bond donors (Lipinski definition) is 1. The summed E-state index contributed by atoms with van der Waals surface area (Å²) in [7, 11) is 1.60. The lowest BCUT2D eigenvalue weighted by Gasteiger charge is -2.12. The Bertz CT molecular complexity index is 532. The summed E-state index contributed by atoms with van der Waals surface area (Å²) >= 11 is 0. The molecule has 1 atom stereocenters. The van der Waals surface area contributed by atoms with Crippen molar-refractivity contribution in [2.75, 3.05) is 7.11 Å². The van der Waals surface area contributed by atoms with Crippen molar-refractivity contribution in [1.82, 2.24) is 0 Å². The van der Waals surface area contributed by atoms with Crippen LogP contribution in [-0.4, -0.2) is 12.2 Å². The van der Waals surface area contributed by atoms with Crippen LogP contribution in [-0.2, 0) is 11.3 Å². The van der Waals surface area contributed by atoms with Crippen molar-refractivity contribution in [3.63, 3.8) is 0 Å². The average molecular weight is 264 g/mol. The molecular formula is C15H14F2O2. The lowest BCUT2D eigenvalue weighted by molar-refractivity contribution is 0.184. The summed E-state index contributed by atoms with van der Waals surface area (Å²) in [4.78, 5) is 0. The van der Waals surface area contributed by atoms with Gasteiger partial charge in [0.05, 0.1) is 6.61 Å². The van der Waals surface area contributed by atoms with Crippen LogP contribution in [0.1, 0.15) is 22.8 Å². The van der Waals surface area contributed by atoms with E-state index in [1.54, 1.807) is 31.4 Å². The summed E-state index contributed by atoms with van der Waals surface area (Å²) in [5.74, 6) is -1.41. The Labute approximate surface area is 110 Å². The van der Waals surface area contributed by atoms with Crippen LogP contribution in [0.4, 0.5) is 8.78 Å². The highest BCUT2D eigenvalue weighted by molar-refractivity contribution is 5.32. The van der Waals surface area contributed by atoms with Gasteiger partial charge in [0.1, 0.15) is 17.7 Å². The monoisotopic (exact) mass is 264 g/mol. The molecule has 2 nitrogen and oxygen atoms in total. The minimum atomic E-state index is -1.05. The number of benzene rings is 2. The van der Waals surface area contributed by atoms with E-state index in [1.165, 1.54) is 0 Å². The van der Waals surface area contributed by atoms with Crippen LogP contribution in [0.3, 0.4) is 0 Å². The summed E-state index contributed by atoms with van der Waals surface area (Å²) < 4.78 is 31.2. The molecule has 1 unspecified atom stereocenters. The molecule has 100 valence electrons. The molecule has 4 heteroatoms. The van der Waals surface area contributed by atoms with Gasteiger partial charge in [0, 0.05) is 13.2 Å². The zero-order valence-electron chi connectivity index (χ0n) is 10.4. The van der Waals surface area contributed by atoms with Crippen molar-refractivity contribution in [3.8, 4) is 0 Å².